The summed E-state index contributed by atoms with van der Waals surface area (Å²) in [6.07, 6.45) is 0.956. The molecule has 0 heterocycles. The molecule has 128 valence electrons. The number of hydrogen-bond donors (Lipinski definition) is 0. The minimum absolute atomic E-state index is 0.0363. The average Bonchev–Trinajstić information content (AvgIpc) is 2.66. The highest BCUT2D eigenvalue weighted by Crippen LogP contribution is 2.26. The number of nitrogens with zero attached hydrogens (tertiary/aromatic N) is 1. The second-order valence-electron chi connectivity index (χ2n) is 6.38. The van der Waals surface area contributed by atoms with Gasteiger partial charge >= 0.3 is 0 Å². The quantitative estimate of drug-likeness (QED) is 0.555. The van der Waals surface area contributed by atoms with Gasteiger partial charge in [0.2, 0.25) is 0 Å². The zero-order valence-corrected chi connectivity index (χ0v) is 14.9. The fraction of sp³-hybridized carbons (Fsp3) is 0.217. The molecule has 3 rings (SSSR count). The molecule has 0 fully saturated rings. The summed E-state index contributed by atoms with van der Waals surface area (Å²) in [7, 11) is 2.13. The van der Waals surface area contributed by atoms with Crippen LogP contribution in [0.1, 0.15) is 23.7 Å². The number of aryl methyl sites for hydroxylation is 1. The van der Waals surface area contributed by atoms with Crippen molar-refractivity contribution in [2.75, 3.05) is 18.5 Å². The van der Waals surface area contributed by atoms with E-state index in [1.165, 1.54) is 16.8 Å². The molecular weight excluding hydrogens is 306 g/mol. The molecule has 25 heavy (non-hydrogen) atoms. The van der Waals surface area contributed by atoms with Crippen LogP contribution in [0.2, 0.25) is 0 Å². The number of benzene rings is 3. The predicted octanol–water partition coefficient (Wildman–Crippen LogP) is 5.64. The van der Waals surface area contributed by atoms with E-state index in [9.17, 15) is 0 Å². The molecule has 2 nitrogen and oxygen atoms in total. The maximum Gasteiger partial charge on any atom is 0.125 e. The Hall–Kier alpha value is -2.74. The number of ether oxygens (including phenoxy) is 1. The Bertz CT molecular complexity index is 770. The van der Waals surface area contributed by atoms with Crippen LogP contribution in [0.15, 0.2) is 84.9 Å². The van der Waals surface area contributed by atoms with Crippen molar-refractivity contribution in [2.24, 2.45) is 0 Å². The second-order valence-corrected chi connectivity index (χ2v) is 6.38. The van der Waals surface area contributed by atoms with Gasteiger partial charge in [-0.3, -0.25) is 0 Å². The standard InChI is InChI=1S/C23H25NO/c1-19-10-9-15-22(18-19)25-23(20-11-5-3-6-12-20)16-17-24(2)21-13-7-4-8-14-21/h3-15,18,23H,16-17H2,1-2H3. The summed E-state index contributed by atoms with van der Waals surface area (Å²) in [5.74, 6) is 0.927. The Balaban J connectivity index is 1.73. The fourth-order valence-electron chi connectivity index (χ4n) is 2.94. The molecule has 3 aromatic carbocycles. The van der Waals surface area contributed by atoms with E-state index >= 15 is 0 Å². The van der Waals surface area contributed by atoms with Crippen LogP contribution >= 0.6 is 0 Å². The van der Waals surface area contributed by atoms with Crippen molar-refractivity contribution in [3.63, 3.8) is 0 Å². The molecule has 0 N–H and O–H groups in total. The molecule has 0 bridgehead atoms. The maximum atomic E-state index is 6.34. The monoisotopic (exact) mass is 331 g/mol. The lowest BCUT2D eigenvalue weighted by Gasteiger charge is -2.24. The summed E-state index contributed by atoms with van der Waals surface area (Å²) >= 11 is 0. The number of rotatable bonds is 7. The van der Waals surface area contributed by atoms with Gasteiger partial charge in [-0.05, 0) is 42.3 Å². The summed E-state index contributed by atoms with van der Waals surface area (Å²) < 4.78 is 6.34. The van der Waals surface area contributed by atoms with Crippen molar-refractivity contribution in [3.05, 3.63) is 96.1 Å². The van der Waals surface area contributed by atoms with Crippen LogP contribution in [0.4, 0.5) is 5.69 Å². The Labute approximate surface area is 150 Å². The molecule has 0 aliphatic rings. The summed E-state index contributed by atoms with van der Waals surface area (Å²) in [6.45, 7) is 3.02. The van der Waals surface area contributed by atoms with Crippen molar-refractivity contribution < 1.29 is 4.74 Å². The van der Waals surface area contributed by atoms with E-state index in [1.807, 2.05) is 24.3 Å². The van der Waals surface area contributed by atoms with Gasteiger partial charge in [0, 0.05) is 25.7 Å². The zero-order chi connectivity index (χ0) is 17.5. The molecule has 1 unspecified atom stereocenters. The van der Waals surface area contributed by atoms with Crippen molar-refractivity contribution in [2.45, 2.75) is 19.4 Å². The first kappa shape index (κ1) is 17.1. The van der Waals surface area contributed by atoms with E-state index in [-0.39, 0.29) is 6.10 Å². The molecule has 0 saturated carbocycles. The molecule has 0 aromatic heterocycles. The first-order valence-corrected chi connectivity index (χ1v) is 8.77. The minimum atomic E-state index is 0.0363. The lowest BCUT2D eigenvalue weighted by Crippen LogP contribution is -2.22. The Morgan fingerprint density at radius 3 is 2.20 bits per heavy atom. The van der Waals surface area contributed by atoms with Crippen LogP contribution in [0.25, 0.3) is 0 Å². The van der Waals surface area contributed by atoms with E-state index in [0.29, 0.717) is 0 Å². The lowest BCUT2D eigenvalue weighted by atomic mass is 10.1. The summed E-state index contributed by atoms with van der Waals surface area (Å²) in [6, 6.07) is 29.2. The highest BCUT2D eigenvalue weighted by atomic mass is 16.5. The van der Waals surface area contributed by atoms with Gasteiger partial charge < -0.3 is 9.64 Å². The molecule has 0 radical (unpaired) electrons. The van der Waals surface area contributed by atoms with Crippen LogP contribution < -0.4 is 9.64 Å². The van der Waals surface area contributed by atoms with Crippen LogP contribution in [0.5, 0.6) is 5.75 Å². The van der Waals surface area contributed by atoms with E-state index in [4.69, 9.17) is 4.74 Å². The van der Waals surface area contributed by atoms with Gasteiger partial charge in [-0.1, -0.05) is 60.7 Å². The Morgan fingerprint density at radius 1 is 0.840 bits per heavy atom. The smallest absolute Gasteiger partial charge is 0.125 e. The normalized spacial score (nSPS) is 11.8. The zero-order valence-electron chi connectivity index (χ0n) is 14.9. The van der Waals surface area contributed by atoms with Gasteiger partial charge in [-0.15, -0.1) is 0 Å². The van der Waals surface area contributed by atoms with E-state index < -0.39 is 0 Å². The minimum Gasteiger partial charge on any atom is -0.486 e. The van der Waals surface area contributed by atoms with Crippen molar-refractivity contribution >= 4 is 5.69 Å². The number of para-hydroxylation sites is 1. The van der Waals surface area contributed by atoms with Gasteiger partial charge in [-0.2, -0.15) is 0 Å². The predicted molar refractivity (Wildman–Crippen MR) is 105 cm³/mol. The van der Waals surface area contributed by atoms with Crippen molar-refractivity contribution in [1.29, 1.82) is 0 Å². The Kier molecular flexibility index (Phi) is 5.73. The number of anilines is 1. The molecular formula is C23H25NO. The first-order valence-electron chi connectivity index (χ1n) is 8.77. The van der Waals surface area contributed by atoms with Crippen LogP contribution in [0.3, 0.4) is 0 Å². The third-order valence-corrected chi connectivity index (χ3v) is 4.36. The molecule has 1 atom stereocenters. The highest BCUT2D eigenvalue weighted by Gasteiger charge is 2.14. The number of hydrogen-bond acceptors (Lipinski definition) is 2. The molecule has 0 amide bonds. The molecule has 0 saturated heterocycles. The molecule has 0 aliphatic heterocycles. The van der Waals surface area contributed by atoms with Crippen LogP contribution in [-0.2, 0) is 0 Å². The van der Waals surface area contributed by atoms with Gasteiger partial charge in [0.25, 0.3) is 0 Å². The largest absolute Gasteiger partial charge is 0.486 e. The molecule has 0 aliphatic carbocycles. The van der Waals surface area contributed by atoms with E-state index in [1.54, 1.807) is 0 Å². The second kappa shape index (κ2) is 8.39. The van der Waals surface area contributed by atoms with Crippen molar-refractivity contribution in [3.8, 4) is 5.75 Å². The van der Waals surface area contributed by atoms with Gasteiger partial charge in [0.1, 0.15) is 11.9 Å². The lowest BCUT2D eigenvalue weighted by molar-refractivity contribution is 0.197. The average molecular weight is 331 g/mol. The van der Waals surface area contributed by atoms with Crippen LogP contribution in [0, 0.1) is 6.92 Å². The molecule has 3 aromatic rings. The van der Waals surface area contributed by atoms with Gasteiger partial charge in [0.15, 0.2) is 0 Å². The van der Waals surface area contributed by atoms with E-state index in [0.717, 1.165) is 18.7 Å². The Morgan fingerprint density at radius 2 is 1.52 bits per heavy atom. The van der Waals surface area contributed by atoms with Gasteiger partial charge in [0.05, 0.1) is 0 Å². The van der Waals surface area contributed by atoms with Crippen molar-refractivity contribution in [1.82, 2.24) is 0 Å². The maximum absolute atomic E-state index is 6.34. The first-order chi connectivity index (χ1) is 12.2. The van der Waals surface area contributed by atoms with Crippen LogP contribution in [-0.4, -0.2) is 13.6 Å². The summed E-state index contributed by atoms with van der Waals surface area (Å²) in [4.78, 5) is 2.27. The topological polar surface area (TPSA) is 12.5 Å². The highest BCUT2D eigenvalue weighted by molar-refractivity contribution is 5.45. The summed E-state index contributed by atoms with van der Waals surface area (Å²) in [5, 5.41) is 0. The molecule has 0 spiro atoms. The summed E-state index contributed by atoms with van der Waals surface area (Å²) in [5.41, 5.74) is 3.65. The van der Waals surface area contributed by atoms with Gasteiger partial charge in [-0.25, -0.2) is 0 Å². The fourth-order valence-corrected chi connectivity index (χ4v) is 2.94. The van der Waals surface area contributed by atoms with E-state index in [2.05, 4.69) is 79.5 Å². The molecule has 2 heteroatoms. The third-order valence-electron chi connectivity index (χ3n) is 4.36. The SMILES string of the molecule is Cc1cccc(OC(CCN(C)c2ccccc2)c2ccccc2)c1. The third kappa shape index (κ3) is 4.87.